The molecule has 0 radical (unpaired) electrons. The van der Waals surface area contributed by atoms with Crippen LogP contribution in [0.15, 0.2) is 30.3 Å². The molecule has 26 heavy (non-hydrogen) atoms. The van der Waals surface area contributed by atoms with Crippen LogP contribution >= 0.6 is 11.6 Å². The summed E-state index contributed by atoms with van der Waals surface area (Å²) in [5, 5.41) is 5.38. The second-order valence-electron chi connectivity index (χ2n) is 6.91. The third-order valence-corrected chi connectivity index (χ3v) is 5.39. The van der Waals surface area contributed by atoms with Gasteiger partial charge in [0.15, 0.2) is 0 Å². The van der Waals surface area contributed by atoms with Crippen LogP contribution in [-0.4, -0.2) is 33.7 Å². The first kappa shape index (κ1) is 18.7. The van der Waals surface area contributed by atoms with Gasteiger partial charge in [0.05, 0.1) is 12.2 Å². The Labute approximate surface area is 160 Å². The number of amides is 1. The van der Waals surface area contributed by atoms with Crippen LogP contribution in [0.25, 0.3) is 6.08 Å². The lowest BCUT2D eigenvalue weighted by atomic mass is 10.1. The molecule has 4 nitrogen and oxygen atoms in total. The van der Waals surface area contributed by atoms with Crippen molar-refractivity contribution in [3.8, 4) is 0 Å². The average molecular weight is 372 g/mol. The Kier molecular flexibility index (Phi) is 6.15. The fourth-order valence-electron chi connectivity index (χ4n) is 3.44. The number of aromatic nitrogens is 2. The number of aryl methyl sites for hydroxylation is 1. The van der Waals surface area contributed by atoms with Gasteiger partial charge in [-0.3, -0.25) is 9.48 Å². The zero-order valence-electron chi connectivity index (χ0n) is 15.5. The van der Waals surface area contributed by atoms with Gasteiger partial charge in [-0.25, -0.2) is 0 Å². The highest BCUT2D eigenvalue weighted by Crippen LogP contribution is 2.20. The van der Waals surface area contributed by atoms with Crippen molar-refractivity contribution < 1.29 is 4.79 Å². The van der Waals surface area contributed by atoms with Crippen LogP contribution in [0.1, 0.15) is 48.2 Å². The molecule has 0 aliphatic carbocycles. The van der Waals surface area contributed by atoms with Crippen LogP contribution in [0.4, 0.5) is 0 Å². The first-order chi connectivity index (χ1) is 12.6. The van der Waals surface area contributed by atoms with Gasteiger partial charge in [0.1, 0.15) is 0 Å². The number of halogens is 1. The molecule has 1 fully saturated rings. The SMILES string of the molecule is Cc1nn(Cc2ccccc2Cl)c(C)c1C=CC(=O)N1CCCCCC1. The predicted molar refractivity (Wildman–Crippen MR) is 106 cm³/mol. The van der Waals surface area contributed by atoms with Gasteiger partial charge in [-0.1, -0.05) is 42.6 Å². The normalized spacial score (nSPS) is 15.4. The van der Waals surface area contributed by atoms with Crippen molar-refractivity contribution in [1.29, 1.82) is 0 Å². The molecule has 0 saturated carbocycles. The van der Waals surface area contributed by atoms with Gasteiger partial charge < -0.3 is 4.90 Å². The van der Waals surface area contributed by atoms with Crippen molar-refractivity contribution in [2.45, 2.75) is 46.1 Å². The molecular weight excluding hydrogens is 346 g/mol. The third kappa shape index (κ3) is 4.36. The number of rotatable bonds is 4. The largest absolute Gasteiger partial charge is 0.339 e. The molecule has 1 aliphatic rings. The molecule has 0 bridgehead atoms. The predicted octanol–water partition coefficient (Wildman–Crippen LogP) is 4.62. The Morgan fingerprint density at radius 3 is 2.54 bits per heavy atom. The molecule has 1 aromatic heterocycles. The van der Waals surface area contributed by atoms with Crippen molar-refractivity contribution in [3.63, 3.8) is 0 Å². The lowest BCUT2D eigenvalue weighted by Crippen LogP contribution is -2.30. The summed E-state index contributed by atoms with van der Waals surface area (Å²) in [6.07, 6.45) is 8.26. The van der Waals surface area contributed by atoms with E-state index in [4.69, 9.17) is 11.6 Å². The van der Waals surface area contributed by atoms with Crippen molar-refractivity contribution in [3.05, 3.63) is 57.9 Å². The minimum absolute atomic E-state index is 0.101. The maximum Gasteiger partial charge on any atom is 0.246 e. The molecule has 138 valence electrons. The van der Waals surface area contributed by atoms with Crippen molar-refractivity contribution in [2.24, 2.45) is 0 Å². The number of likely N-dealkylation sites (tertiary alicyclic amines) is 1. The van der Waals surface area contributed by atoms with Crippen molar-refractivity contribution in [1.82, 2.24) is 14.7 Å². The van der Waals surface area contributed by atoms with Crippen LogP contribution < -0.4 is 0 Å². The maximum absolute atomic E-state index is 12.5. The highest BCUT2D eigenvalue weighted by atomic mass is 35.5. The highest BCUT2D eigenvalue weighted by molar-refractivity contribution is 6.31. The van der Waals surface area contributed by atoms with Crippen LogP contribution in [0.5, 0.6) is 0 Å². The summed E-state index contributed by atoms with van der Waals surface area (Å²) in [7, 11) is 0. The Bertz CT molecular complexity index is 802. The number of carbonyl (C=O) groups excluding carboxylic acids is 1. The minimum Gasteiger partial charge on any atom is -0.339 e. The zero-order chi connectivity index (χ0) is 18.5. The van der Waals surface area contributed by atoms with E-state index >= 15 is 0 Å². The van der Waals surface area contributed by atoms with E-state index < -0.39 is 0 Å². The Morgan fingerprint density at radius 1 is 1.15 bits per heavy atom. The van der Waals surface area contributed by atoms with Gasteiger partial charge in [0.25, 0.3) is 0 Å². The number of nitrogens with zero attached hydrogens (tertiary/aromatic N) is 3. The van der Waals surface area contributed by atoms with Gasteiger partial charge in [0.2, 0.25) is 5.91 Å². The van der Waals surface area contributed by atoms with Crippen LogP contribution in [0, 0.1) is 13.8 Å². The van der Waals surface area contributed by atoms with Gasteiger partial charge in [-0.05, 0) is 44.4 Å². The molecule has 0 atom stereocenters. The summed E-state index contributed by atoms with van der Waals surface area (Å²) in [6.45, 7) is 6.37. The first-order valence-corrected chi connectivity index (χ1v) is 9.68. The molecule has 1 aliphatic heterocycles. The Hall–Kier alpha value is -2.07. The van der Waals surface area contributed by atoms with E-state index in [9.17, 15) is 4.79 Å². The van der Waals surface area contributed by atoms with Gasteiger partial charge in [0, 0.05) is 35.4 Å². The summed E-state index contributed by atoms with van der Waals surface area (Å²) in [5.41, 5.74) is 4.02. The third-order valence-electron chi connectivity index (χ3n) is 5.03. The minimum atomic E-state index is 0.101. The molecular formula is C21H26ClN3O. The van der Waals surface area contributed by atoms with Crippen LogP contribution in [-0.2, 0) is 11.3 Å². The lowest BCUT2D eigenvalue weighted by molar-refractivity contribution is -0.125. The quantitative estimate of drug-likeness (QED) is 0.735. The fraction of sp³-hybridized carbons (Fsp3) is 0.429. The van der Waals surface area contributed by atoms with E-state index in [1.165, 1.54) is 12.8 Å². The number of carbonyl (C=O) groups is 1. The number of hydrogen-bond donors (Lipinski definition) is 0. The molecule has 2 heterocycles. The Morgan fingerprint density at radius 2 is 1.85 bits per heavy atom. The molecule has 0 unspecified atom stereocenters. The van der Waals surface area contributed by atoms with E-state index in [2.05, 4.69) is 5.10 Å². The average Bonchev–Trinajstić information content (AvgIpc) is 2.83. The van der Waals surface area contributed by atoms with E-state index in [-0.39, 0.29) is 5.91 Å². The van der Waals surface area contributed by atoms with Crippen molar-refractivity contribution >= 4 is 23.6 Å². The lowest BCUT2D eigenvalue weighted by Gasteiger charge is -2.17. The summed E-state index contributed by atoms with van der Waals surface area (Å²) >= 11 is 6.27. The van der Waals surface area contributed by atoms with E-state index in [1.807, 2.05) is 53.8 Å². The summed E-state index contributed by atoms with van der Waals surface area (Å²) in [6, 6.07) is 7.81. The van der Waals surface area contributed by atoms with Gasteiger partial charge >= 0.3 is 0 Å². The van der Waals surface area contributed by atoms with Crippen LogP contribution in [0.3, 0.4) is 0 Å². The topological polar surface area (TPSA) is 38.1 Å². The first-order valence-electron chi connectivity index (χ1n) is 9.30. The summed E-state index contributed by atoms with van der Waals surface area (Å²) in [5.74, 6) is 0.101. The zero-order valence-corrected chi connectivity index (χ0v) is 16.3. The summed E-state index contributed by atoms with van der Waals surface area (Å²) in [4.78, 5) is 14.4. The molecule has 0 spiro atoms. The second-order valence-corrected chi connectivity index (χ2v) is 7.31. The monoisotopic (exact) mass is 371 g/mol. The van der Waals surface area contributed by atoms with E-state index in [0.29, 0.717) is 6.54 Å². The maximum atomic E-state index is 12.5. The summed E-state index contributed by atoms with van der Waals surface area (Å²) < 4.78 is 1.95. The second kappa shape index (κ2) is 8.54. The van der Waals surface area contributed by atoms with E-state index in [0.717, 1.165) is 53.5 Å². The molecule has 1 saturated heterocycles. The van der Waals surface area contributed by atoms with Crippen molar-refractivity contribution in [2.75, 3.05) is 13.1 Å². The molecule has 2 aromatic rings. The molecule has 1 amide bonds. The van der Waals surface area contributed by atoms with Crippen LogP contribution in [0.2, 0.25) is 5.02 Å². The number of hydrogen-bond acceptors (Lipinski definition) is 2. The standard InChI is InChI=1S/C21H26ClN3O/c1-16-19(11-12-21(26)24-13-7-3-4-8-14-24)17(2)25(23-16)15-18-9-5-6-10-20(18)22/h5-6,9-12H,3-4,7-8,13-15H2,1-2H3. The molecule has 1 aromatic carbocycles. The fourth-order valence-corrected chi connectivity index (χ4v) is 3.64. The van der Waals surface area contributed by atoms with Gasteiger partial charge in [-0.2, -0.15) is 5.10 Å². The highest BCUT2D eigenvalue weighted by Gasteiger charge is 2.14. The smallest absolute Gasteiger partial charge is 0.246 e. The number of benzene rings is 1. The molecule has 5 heteroatoms. The van der Waals surface area contributed by atoms with Gasteiger partial charge in [-0.15, -0.1) is 0 Å². The molecule has 3 rings (SSSR count). The Balaban J connectivity index is 1.75. The van der Waals surface area contributed by atoms with E-state index in [1.54, 1.807) is 6.08 Å². The molecule has 0 N–H and O–H groups in total.